The molecule has 0 aromatic rings. The lowest BCUT2D eigenvalue weighted by molar-refractivity contribution is 0.0146. The highest BCUT2D eigenvalue weighted by Crippen LogP contribution is 2.45. The standard InChI is InChI=1S/C9H22O3S2/c1-4-5-6-11-7-9(10)8-12-14(2,3)13/h9-10,13H,4-8H2,1-3H3. The molecule has 0 spiro atoms. The molecule has 3 nitrogen and oxygen atoms in total. The monoisotopic (exact) mass is 242 g/mol. The minimum absolute atomic E-state index is 0.304. The van der Waals surface area contributed by atoms with Crippen LogP contribution in [0.1, 0.15) is 19.8 Å². The summed E-state index contributed by atoms with van der Waals surface area (Å²) in [7, 11) is -1.28. The van der Waals surface area contributed by atoms with Crippen LogP contribution in [-0.4, -0.2) is 43.5 Å². The molecule has 0 aliphatic carbocycles. The molecule has 1 N–H and O–H groups in total. The topological polar surface area (TPSA) is 38.7 Å². The van der Waals surface area contributed by atoms with Crippen molar-refractivity contribution < 1.29 is 14.0 Å². The Morgan fingerprint density at radius 3 is 2.50 bits per heavy atom. The molecule has 0 bridgehead atoms. The molecule has 5 heteroatoms. The third-order valence-electron chi connectivity index (χ3n) is 1.50. The third-order valence-corrected chi connectivity index (χ3v) is 2.53. The molecule has 0 aliphatic heterocycles. The lowest BCUT2D eigenvalue weighted by Crippen LogP contribution is -2.22. The van der Waals surface area contributed by atoms with E-state index in [1.165, 1.54) is 0 Å². The quantitative estimate of drug-likeness (QED) is 0.388. The average molecular weight is 242 g/mol. The van der Waals surface area contributed by atoms with Crippen molar-refractivity contribution in [1.29, 1.82) is 0 Å². The van der Waals surface area contributed by atoms with Crippen LogP contribution in [0, 0.1) is 0 Å². The summed E-state index contributed by atoms with van der Waals surface area (Å²) < 4.78 is 10.6. The van der Waals surface area contributed by atoms with Gasteiger partial charge >= 0.3 is 0 Å². The Kier molecular flexibility index (Phi) is 8.14. The Morgan fingerprint density at radius 2 is 2.00 bits per heavy atom. The second-order valence-corrected chi connectivity index (χ2v) is 8.78. The summed E-state index contributed by atoms with van der Waals surface area (Å²) in [6.07, 6.45) is 5.45. The molecule has 0 saturated carbocycles. The summed E-state index contributed by atoms with van der Waals surface area (Å²) in [5.74, 6) is 0. The summed E-state index contributed by atoms with van der Waals surface area (Å²) in [5, 5.41) is 9.44. The Labute approximate surface area is 93.5 Å². The second-order valence-electron chi connectivity index (χ2n) is 3.55. The summed E-state index contributed by atoms with van der Waals surface area (Å²) in [4.78, 5) is 0. The van der Waals surface area contributed by atoms with E-state index in [1.54, 1.807) is 0 Å². The van der Waals surface area contributed by atoms with Gasteiger partial charge in [0.1, 0.15) is 6.10 Å². The summed E-state index contributed by atoms with van der Waals surface area (Å²) in [6, 6.07) is 0. The molecule has 0 saturated heterocycles. The fourth-order valence-corrected chi connectivity index (χ4v) is 1.43. The molecule has 0 heterocycles. The largest absolute Gasteiger partial charge is 0.388 e. The van der Waals surface area contributed by atoms with Crippen LogP contribution in [0.5, 0.6) is 0 Å². The van der Waals surface area contributed by atoms with Crippen LogP contribution in [-0.2, 0) is 8.92 Å². The Morgan fingerprint density at radius 1 is 1.36 bits per heavy atom. The van der Waals surface area contributed by atoms with E-state index in [2.05, 4.69) is 18.6 Å². The maximum atomic E-state index is 9.44. The number of aliphatic hydroxyl groups is 1. The zero-order chi connectivity index (χ0) is 11.0. The molecule has 0 rings (SSSR count). The molecule has 0 aliphatic rings. The maximum absolute atomic E-state index is 9.44. The van der Waals surface area contributed by atoms with Crippen molar-refractivity contribution in [2.45, 2.75) is 25.9 Å². The Bertz CT molecular complexity index is 137. The first-order valence-electron chi connectivity index (χ1n) is 4.81. The van der Waals surface area contributed by atoms with Crippen molar-refractivity contribution in [3.05, 3.63) is 0 Å². The molecule has 0 fully saturated rings. The molecule has 1 unspecified atom stereocenters. The first kappa shape index (κ1) is 14.6. The van der Waals surface area contributed by atoms with Crippen molar-refractivity contribution in [2.24, 2.45) is 0 Å². The van der Waals surface area contributed by atoms with E-state index < -0.39 is 15.4 Å². The molecule has 1 atom stereocenters. The maximum Gasteiger partial charge on any atom is 0.102 e. The van der Waals surface area contributed by atoms with Crippen molar-refractivity contribution in [3.63, 3.8) is 0 Å². The van der Waals surface area contributed by atoms with E-state index >= 15 is 0 Å². The van der Waals surface area contributed by atoms with Crippen LogP contribution in [0.25, 0.3) is 0 Å². The minimum atomic E-state index is -1.28. The molecule has 0 amide bonds. The van der Waals surface area contributed by atoms with Crippen LogP contribution >= 0.6 is 21.0 Å². The van der Waals surface area contributed by atoms with E-state index in [-0.39, 0.29) is 0 Å². The van der Waals surface area contributed by atoms with Crippen LogP contribution < -0.4 is 0 Å². The zero-order valence-corrected chi connectivity index (χ0v) is 10.9. The van der Waals surface area contributed by atoms with Crippen LogP contribution in [0.15, 0.2) is 0 Å². The predicted molar refractivity (Wildman–Crippen MR) is 66.1 cm³/mol. The number of hydrogen-bond donors (Lipinski definition) is 2. The molecule has 14 heavy (non-hydrogen) atoms. The van der Waals surface area contributed by atoms with Crippen LogP contribution in [0.2, 0.25) is 0 Å². The SMILES string of the molecule is CCCCOCC(O)COS(C)(C)S. The minimum Gasteiger partial charge on any atom is -0.388 e. The van der Waals surface area contributed by atoms with E-state index in [0.29, 0.717) is 19.8 Å². The van der Waals surface area contributed by atoms with Gasteiger partial charge in [-0.2, -0.15) is 0 Å². The Hall–Kier alpha value is 0.580. The van der Waals surface area contributed by atoms with Crippen molar-refractivity contribution >= 4 is 21.0 Å². The normalized spacial score (nSPS) is 15.5. The second kappa shape index (κ2) is 7.82. The molecule has 0 aromatic heterocycles. The first-order chi connectivity index (χ1) is 6.45. The van der Waals surface area contributed by atoms with Gasteiger partial charge in [0, 0.05) is 6.61 Å². The molecule has 0 radical (unpaired) electrons. The summed E-state index contributed by atoms with van der Waals surface area (Å²) >= 11 is 4.26. The van der Waals surface area contributed by atoms with Gasteiger partial charge < -0.3 is 14.0 Å². The van der Waals surface area contributed by atoms with E-state index in [9.17, 15) is 5.11 Å². The number of aliphatic hydroxyl groups excluding tert-OH is 1. The van der Waals surface area contributed by atoms with Gasteiger partial charge in [-0.15, -0.1) is 11.7 Å². The van der Waals surface area contributed by atoms with Crippen LogP contribution in [0.4, 0.5) is 0 Å². The van der Waals surface area contributed by atoms with Gasteiger partial charge in [0.2, 0.25) is 0 Å². The summed E-state index contributed by atoms with van der Waals surface area (Å²) in [6.45, 7) is 3.47. The third kappa shape index (κ3) is 10.7. The van der Waals surface area contributed by atoms with Crippen LogP contribution in [0.3, 0.4) is 0 Å². The highest BCUT2D eigenvalue weighted by Gasteiger charge is 2.10. The van der Waals surface area contributed by atoms with E-state index in [0.717, 1.165) is 12.8 Å². The van der Waals surface area contributed by atoms with Gasteiger partial charge in [-0.25, -0.2) is 0 Å². The molecule has 0 aromatic carbocycles. The smallest absolute Gasteiger partial charge is 0.102 e. The highest BCUT2D eigenvalue weighted by atomic mass is 33.1. The number of thiol groups is 1. The fourth-order valence-electron chi connectivity index (χ4n) is 0.759. The number of ether oxygens (including phenoxy) is 1. The fraction of sp³-hybridized carbons (Fsp3) is 1.00. The van der Waals surface area contributed by atoms with Gasteiger partial charge in [0.15, 0.2) is 0 Å². The zero-order valence-electron chi connectivity index (χ0n) is 9.23. The van der Waals surface area contributed by atoms with Gasteiger partial charge in [-0.05, 0) is 18.9 Å². The number of rotatable bonds is 8. The van der Waals surface area contributed by atoms with Crippen molar-refractivity contribution in [1.82, 2.24) is 0 Å². The van der Waals surface area contributed by atoms with Crippen molar-refractivity contribution in [2.75, 3.05) is 32.3 Å². The van der Waals surface area contributed by atoms with Gasteiger partial charge in [0.25, 0.3) is 0 Å². The number of hydrogen-bond acceptors (Lipinski definition) is 4. The van der Waals surface area contributed by atoms with Gasteiger partial charge in [-0.3, -0.25) is 0 Å². The lowest BCUT2D eigenvalue weighted by atomic mass is 10.3. The first-order valence-corrected chi connectivity index (χ1v) is 8.24. The van der Waals surface area contributed by atoms with Gasteiger partial charge in [-0.1, -0.05) is 22.7 Å². The van der Waals surface area contributed by atoms with E-state index in [4.69, 9.17) is 8.92 Å². The molecular formula is C9H22O3S2. The lowest BCUT2D eigenvalue weighted by Gasteiger charge is -2.25. The average Bonchev–Trinajstić information content (AvgIpc) is 2.08. The highest BCUT2D eigenvalue weighted by molar-refractivity contribution is 8.85. The predicted octanol–water partition coefficient (Wildman–Crippen LogP) is 2.00. The van der Waals surface area contributed by atoms with Crippen molar-refractivity contribution in [3.8, 4) is 0 Å². The van der Waals surface area contributed by atoms with E-state index in [1.807, 2.05) is 12.5 Å². The van der Waals surface area contributed by atoms with Gasteiger partial charge in [0.05, 0.1) is 13.2 Å². The number of unbranched alkanes of at least 4 members (excludes halogenated alkanes) is 1. The molecular weight excluding hydrogens is 220 g/mol. The molecule has 88 valence electrons. The summed E-state index contributed by atoms with van der Waals surface area (Å²) in [5.41, 5.74) is 0. The Balaban J connectivity index is 3.32.